The lowest BCUT2D eigenvalue weighted by molar-refractivity contribution is 0.354. The monoisotopic (exact) mass is 395 g/mol. The van der Waals surface area contributed by atoms with Crippen LogP contribution in [0.3, 0.4) is 0 Å². The summed E-state index contributed by atoms with van der Waals surface area (Å²) < 4.78 is 8.00. The summed E-state index contributed by atoms with van der Waals surface area (Å²) >= 11 is 7.14. The van der Waals surface area contributed by atoms with Gasteiger partial charge in [0, 0.05) is 33.2 Å². The number of fused-ring (bicyclic) bond motifs is 1. The van der Waals surface area contributed by atoms with Crippen LogP contribution in [0.4, 0.5) is 5.69 Å². The number of nitrogens with one attached hydrogen (secondary N) is 1. The van der Waals surface area contributed by atoms with E-state index in [1.54, 1.807) is 0 Å². The van der Waals surface area contributed by atoms with E-state index in [1.165, 1.54) is 16.7 Å². The van der Waals surface area contributed by atoms with Crippen molar-refractivity contribution in [1.29, 1.82) is 0 Å². The highest BCUT2D eigenvalue weighted by Crippen LogP contribution is 2.34. The first-order valence-corrected chi connectivity index (χ1v) is 8.17. The van der Waals surface area contributed by atoms with E-state index in [-0.39, 0.29) is 0 Å². The van der Waals surface area contributed by atoms with Gasteiger partial charge in [-0.1, -0.05) is 37.9 Å². The Labute approximate surface area is 135 Å². The highest BCUT2D eigenvalue weighted by molar-refractivity contribution is 9.10. The predicted octanol–water partition coefficient (Wildman–Crippen LogP) is 5.07. The minimum Gasteiger partial charge on any atom is -0.493 e. The Bertz CT molecular complexity index is 655. The summed E-state index contributed by atoms with van der Waals surface area (Å²) in [5.74, 6) is 1.05. The van der Waals surface area contributed by atoms with Crippen LogP contribution in [0, 0.1) is 6.92 Å². The van der Waals surface area contributed by atoms with Crippen LogP contribution in [0.25, 0.3) is 0 Å². The molecule has 0 saturated heterocycles. The van der Waals surface area contributed by atoms with Crippen LogP contribution in [0.5, 0.6) is 5.75 Å². The van der Waals surface area contributed by atoms with Gasteiger partial charge in [0.1, 0.15) is 5.75 Å². The van der Waals surface area contributed by atoms with Crippen LogP contribution in [0.15, 0.2) is 39.3 Å². The van der Waals surface area contributed by atoms with Gasteiger partial charge in [-0.2, -0.15) is 0 Å². The molecule has 0 unspecified atom stereocenters. The fourth-order valence-corrected chi connectivity index (χ4v) is 3.39. The van der Waals surface area contributed by atoms with Crippen molar-refractivity contribution in [1.82, 2.24) is 0 Å². The molecule has 4 heteroatoms. The normalized spacial score (nSPS) is 12.9. The molecule has 0 saturated carbocycles. The van der Waals surface area contributed by atoms with Gasteiger partial charge < -0.3 is 10.1 Å². The second-order valence-corrected chi connectivity index (χ2v) is 6.69. The van der Waals surface area contributed by atoms with Crippen molar-refractivity contribution in [3.63, 3.8) is 0 Å². The summed E-state index contributed by atoms with van der Waals surface area (Å²) in [5, 5.41) is 3.50. The van der Waals surface area contributed by atoms with Crippen LogP contribution < -0.4 is 10.1 Å². The summed E-state index contributed by atoms with van der Waals surface area (Å²) in [6, 6.07) is 10.5. The van der Waals surface area contributed by atoms with E-state index in [9.17, 15) is 0 Å². The third-order valence-corrected chi connectivity index (χ3v) is 4.88. The average molecular weight is 397 g/mol. The summed E-state index contributed by atoms with van der Waals surface area (Å²) in [6.07, 6.45) is 0.998. The van der Waals surface area contributed by atoms with Crippen molar-refractivity contribution in [2.24, 2.45) is 0 Å². The standard InChI is InChI=1S/C16H15Br2NO/c1-10-14(18)3-2-4-15(10)19-9-12-8-13(17)7-11-5-6-20-16(11)12/h2-4,7-8,19H,5-6,9H2,1H3. The molecule has 0 aliphatic carbocycles. The molecular weight excluding hydrogens is 382 g/mol. The molecule has 20 heavy (non-hydrogen) atoms. The average Bonchev–Trinajstić information content (AvgIpc) is 2.88. The van der Waals surface area contributed by atoms with Crippen LogP contribution in [-0.2, 0) is 13.0 Å². The van der Waals surface area contributed by atoms with Crippen LogP contribution in [-0.4, -0.2) is 6.61 Å². The summed E-state index contributed by atoms with van der Waals surface area (Å²) in [6.45, 7) is 3.65. The Kier molecular flexibility index (Phi) is 4.03. The summed E-state index contributed by atoms with van der Waals surface area (Å²) in [7, 11) is 0. The molecule has 0 aromatic heterocycles. The zero-order valence-electron chi connectivity index (χ0n) is 11.2. The van der Waals surface area contributed by atoms with Crippen molar-refractivity contribution >= 4 is 37.5 Å². The molecule has 0 fully saturated rings. The first-order chi connectivity index (χ1) is 9.65. The number of halogens is 2. The zero-order chi connectivity index (χ0) is 14.1. The lowest BCUT2D eigenvalue weighted by Crippen LogP contribution is -2.03. The predicted molar refractivity (Wildman–Crippen MR) is 89.5 cm³/mol. The van der Waals surface area contributed by atoms with Gasteiger partial charge in [-0.15, -0.1) is 0 Å². The summed E-state index contributed by atoms with van der Waals surface area (Å²) in [4.78, 5) is 0. The van der Waals surface area contributed by atoms with E-state index in [0.29, 0.717) is 0 Å². The smallest absolute Gasteiger partial charge is 0.127 e. The molecule has 1 N–H and O–H groups in total. The van der Waals surface area contributed by atoms with Crippen molar-refractivity contribution < 1.29 is 4.74 Å². The van der Waals surface area contributed by atoms with Gasteiger partial charge in [-0.3, -0.25) is 0 Å². The number of ether oxygens (including phenoxy) is 1. The molecule has 2 aromatic rings. The molecule has 2 aromatic carbocycles. The SMILES string of the molecule is Cc1c(Br)cccc1NCc1cc(Br)cc2c1OCC2. The van der Waals surface area contributed by atoms with E-state index in [2.05, 4.69) is 68.4 Å². The molecular formula is C16H15Br2NO. The quantitative estimate of drug-likeness (QED) is 0.782. The van der Waals surface area contributed by atoms with Gasteiger partial charge >= 0.3 is 0 Å². The molecule has 1 aliphatic rings. The van der Waals surface area contributed by atoms with Crippen LogP contribution in [0.2, 0.25) is 0 Å². The molecule has 0 bridgehead atoms. The first kappa shape index (κ1) is 14.0. The number of hydrogen-bond acceptors (Lipinski definition) is 2. The van der Waals surface area contributed by atoms with Gasteiger partial charge in [0.05, 0.1) is 6.61 Å². The molecule has 0 spiro atoms. The number of rotatable bonds is 3. The topological polar surface area (TPSA) is 21.3 Å². The fourth-order valence-electron chi connectivity index (χ4n) is 2.47. The van der Waals surface area contributed by atoms with Crippen LogP contribution >= 0.6 is 31.9 Å². The Hall–Kier alpha value is -1.00. The minimum absolute atomic E-state index is 0.763. The third kappa shape index (κ3) is 2.72. The van der Waals surface area contributed by atoms with Gasteiger partial charge in [-0.05, 0) is 42.3 Å². The van der Waals surface area contributed by atoms with Gasteiger partial charge in [-0.25, -0.2) is 0 Å². The Morgan fingerprint density at radius 3 is 2.95 bits per heavy atom. The maximum absolute atomic E-state index is 5.76. The van der Waals surface area contributed by atoms with Crippen molar-refractivity contribution in [3.05, 3.63) is 56.0 Å². The highest BCUT2D eigenvalue weighted by atomic mass is 79.9. The van der Waals surface area contributed by atoms with Crippen molar-refractivity contribution in [3.8, 4) is 5.75 Å². The minimum atomic E-state index is 0.763. The van der Waals surface area contributed by atoms with Gasteiger partial charge in [0.25, 0.3) is 0 Å². The second-order valence-electron chi connectivity index (χ2n) is 4.92. The van der Waals surface area contributed by atoms with E-state index in [0.717, 1.165) is 40.0 Å². The maximum Gasteiger partial charge on any atom is 0.127 e. The number of anilines is 1. The van der Waals surface area contributed by atoms with Gasteiger partial charge in [0.15, 0.2) is 0 Å². The fraction of sp³-hybridized carbons (Fsp3) is 0.250. The Morgan fingerprint density at radius 2 is 2.10 bits per heavy atom. The molecule has 104 valence electrons. The van der Waals surface area contributed by atoms with E-state index in [1.807, 2.05) is 6.07 Å². The van der Waals surface area contributed by atoms with E-state index < -0.39 is 0 Å². The molecule has 0 amide bonds. The second kappa shape index (κ2) is 5.78. The lowest BCUT2D eigenvalue weighted by Gasteiger charge is -2.13. The lowest BCUT2D eigenvalue weighted by atomic mass is 10.1. The Balaban J connectivity index is 1.84. The van der Waals surface area contributed by atoms with Gasteiger partial charge in [0.2, 0.25) is 0 Å². The van der Waals surface area contributed by atoms with E-state index in [4.69, 9.17) is 4.74 Å². The van der Waals surface area contributed by atoms with Crippen molar-refractivity contribution in [2.45, 2.75) is 19.9 Å². The molecule has 1 heterocycles. The maximum atomic E-state index is 5.76. The molecule has 2 nitrogen and oxygen atoms in total. The highest BCUT2D eigenvalue weighted by Gasteiger charge is 2.17. The zero-order valence-corrected chi connectivity index (χ0v) is 14.3. The van der Waals surface area contributed by atoms with E-state index >= 15 is 0 Å². The Morgan fingerprint density at radius 1 is 1.25 bits per heavy atom. The first-order valence-electron chi connectivity index (χ1n) is 6.58. The number of benzene rings is 2. The van der Waals surface area contributed by atoms with Crippen molar-refractivity contribution in [2.75, 3.05) is 11.9 Å². The van der Waals surface area contributed by atoms with Crippen LogP contribution in [0.1, 0.15) is 16.7 Å². The number of hydrogen-bond donors (Lipinski definition) is 1. The summed E-state index contributed by atoms with van der Waals surface area (Å²) in [5.41, 5.74) is 4.86. The molecule has 3 rings (SSSR count). The molecule has 0 atom stereocenters. The largest absolute Gasteiger partial charge is 0.493 e. The third-order valence-electron chi connectivity index (χ3n) is 3.56. The molecule has 1 aliphatic heterocycles. The molecule has 0 radical (unpaired) electrons.